The molecule has 4 nitrogen and oxygen atoms in total. The number of aliphatic hydroxyl groups excluding tert-OH is 1. The number of carbonyl (C=O) groups is 1. The molecule has 4 heteroatoms. The zero-order valence-electron chi connectivity index (χ0n) is 12.3. The van der Waals surface area contributed by atoms with E-state index in [0.29, 0.717) is 11.8 Å². The van der Waals surface area contributed by atoms with Gasteiger partial charge in [-0.3, -0.25) is 4.79 Å². The maximum absolute atomic E-state index is 12.8. The predicted molar refractivity (Wildman–Crippen MR) is 75.8 cm³/mol. The topological polar surface area (TPSA) is 52.6 Å². The minimum absolute atomic E-state index is 0.122. The molecule has 0 aliphatic carbocycles. The van der Waals surface area contributed by atoms with Crippen LogP contribution < -0.4 is 5.32 Å². The van der Waals surface area contributed by atoms with E-state index in [4.69, 9.17) is 0 Å². The summed E-state index contributed by atoms with van der Waals surface area (Å²) in [6.45, 7) is 7.58. The summed E-state index contributed by atoms with van der Waals surface area (Å²) < 4.78 is 0. The van der Waals surface area contributed by atoms with E-state index in [2.05, 4.69) is 12.2 Å². The Hall–Kier alpha value is -0.610. The summed E-state index contributed by atoms with van der Waals surface area (Å²) in [4.78, 5) is 14.9. The second kappa shape index (κ2) is 6.23. The zero-order chi connectivity index (χ0) is 13.9. The molecule has 1 atom stereocenters. The molecule has 0 bridgehead atoms. The fraction of sp³-hybridized carbons (Fsp3) is 0.933. The maximum Gasteiger partial charge on any atom is 0.228 e. The van der Waals surface area contributed by atoms with Crippen molar-refractivity contribution >= 4 is 5.91 Å². The highest BCUT2D eigenvalue weighted by Crippen LogP contribution is 2.36. The second-order valence-corrected chi connectivity index (χ2v) is 6.25. The Bertz CT molecular complexity index is 303. The Kier molecular flexibility index (Phi) is 4.85. The van der Waals surface area contributed by atoms with Gasteiger partial charge in [-0.05, 0) is 58.0 Å². The van der Waals surface area contributed by atoms with Crippen LogP contribution in [0.4, 0.5) is 0 Å². The van der Waals surface area contributed by atoms with Crippen LogP contribution in [0.15, 0.2) is 0 Å². The van der Waals surface area contributed by atoms with E-state index in [9.17, 15) is 9.90 Å². The van der Waals surface area contributed by atoms with Crippen molar-refractivity contribution in [2.24, 2.45) is 11.3 Å². The summed E-state index contributed by atoms with van der Waals surface area (Å²) in [5.41, 5.74) is -0.122. The number of rotatable bonds is 3. The van der Waals surface area contributed by atoms with Crippen LogP contribution in [0.5, 0.6) is 0 Å². The van der Waals surface area contributed by atoms with Crippen molar-refractivity contribution in [1.29, 1.82) is 0 Å². The molecule has 2 heterocycles. The molecule has 2 saturated heterocycles. The van der Waals surface area contributed by atoms with Gasteiger partial charge < -0.3 is 15.3 Å². The minimum atomic E-state index is -0.240. The number of carbonyl (C=O) groups excluding carboxylic acids is 1. The summed E-state index contributed by atoms with van der Waals surface area (Å²) in [6.07, 6.45) is 4.54. The normalized spacial score (nSPS) is 26.2. The van der Waals surface area contributed by atoms with Crippen molar-refractivity contribution in [3.63, 3.8) is 0 Å². The molecule has 0 radical (unpaired) electrons. The predicted octanol–water partition coefficient (Wildman–Crippen LogP) is 1.39. The van der Waals surface area contributed by atoms with Crippen LogP contribution in [0.3, 0.4) is 0 Å². The summed E-state index contributed by atoms with van der Waals surface area (Å²) in [6, 6.07) is 0. The van der Waals surface area contributed by atoms with Gasteiger partial charge in [0.2, 0.25) is 5.91 Å². The van der Waals surface area contributed by atoms with Crippen LogP contribution in [-0.2, 0) is 4.79 Å². The van der Waals surface area contributed by atoms with Crippen molar-refractivity contribution in [3.05, 3.63) is 0 Å². The molecule has 2 aliphatic heterocycles. The number of hydrogen-bond acceptors (Lipinski definition) is 3. The number of nitrogens with zero attached hydrogens (tertiary/aromatic N) is 1. The Morgan fingerprint density at radius 1 is 1.37 bits per heavy atom. The van der Waals surface area contributed by atoms with Gasteiger partial charge in [-0.25, -0.2) is 0 Å². The number of piperidine rings is 2. The van der Waals surface area contributed by atoms with Crippen LogP contribution in [0.1, 0.15) is 46.0 Å². The fourth-order valence-corrected chi connectivity index (χ4v) is 3.54. The Morgan fingerprint density at radius 3 is 2.42 bits per heavy atom. The van der Waals surface area contributed by atoms with Crippen molar-refractivity contribution in [3.8, 4) is 0 Å². The average molecular weight is 268 g/mol. The van der Waals surface area contributed by atoms with Gasteiger partial charge in [0.15, 0.2) is 0 Å². The van der Waals surface area contributed by atoms with E-state index in [1.54, 1.807) is 0 Å². The van der Waals surface area contributed by atoms with Crippen molar-refractivity contribution in [2.45, 2.75) is 52.1 Å². The molecule has 1 unspecified atom stereocenters. The molecule has 110 valence electrons. The van der Waals surface area contributed by atoms with Crippen LogP contribution in [0.2, 0.25) is 0 Å². The first-order valence-electron chi connectivity index (χ1n) is 7.77. The van der Waals surface area contributed by atoms with Gasteiger partial charge in [0, 0.05) is 13.1 Å². The zero-order valence-corrected chi connectivity index (χ0v) is 12.3. The summed E-state index contributed by atoms with van der Waals surface area (Å²) >= 11 is 0. The van der Waals surface area contributed by atoms with E-state index in [1.165, 1.54) is 0 Å². The highest BCUT2D eigenvalue weighted by molar-refractivity contribution is 5.83. The molecule has 0 spiro atoms. The molecule has 2 N–H and O–H groups in total. The number of nitrogens with one attached hydrogen (secondary N) is 1. The SMILES string of the molecule is CCC1(C(=O)N2CCC(C(C)O)CC2)CCNCC1. The van der Waals surface area contributed by atoms with Gasteiger partial charge in [0.1, 0.15) is 0 Å². The Morgan fingerprint density at radius 2 is 1.95 bits per heavy atom. The first-order valence-corrected chi connectivity index (χ1v) is 7.77. The molecule has 0 aromatic rings. The van der Waals surface area contributed by atoms with Gasteiger partial charge in [-0.2, -0.15) is 0 Å². The molecular weight excluding hydrogens is 240 g/mol. The van der Waals surface area contributed by atoms with Crippen LogP contribution in [0, 0.1) is 11.3 Å². The van der Waals surface area contributed by atoms with Crippen molar-refractivity contribution in [1.82, 2.24) is 10.2 Å². The van der Waals surface area contributed by atoms with Crippen LogP contribution in [0.25, 0.3) is 0 Å². The molecule has 0 saturated carbocycles. The summed E-state index contributed by atoms with van der Waals surface area (Å²) in [5.74, 6) is 0.732. The largest absolute Gasteiger partial charge is 0.393 e. The van der Waals surface area contributed by atoms with Gasteiger partial charge >= 0.3 is 0 Å². The van der Waals surface area contributed by atoms with E-state index in [1.807, 2.05) is 11.8 Å². The maximum atomic E-state index is 12.8. The lowest BCUT2D eigenvalue weighted by atomic mass is 9.75. The Labute approximate surface area is 116 Å². The minimum Gasteiger partial charge on any atom is -0.393 e. The lowest BCUT2D eigenvalue weighted by Gasteiger charge is -2.42. The first kappa shape index (κ1) is 14.8. The number of amides is 1. The molecule has 1 amide bonds. The molecular formula is C15H28N2O2. The van der Waals surface area contributed by atoms with Gasteiger partial charge in [-0.1, -0.05) is 6.92 Å². The van der Waals surface area contributed by atoms with E-state index >= 15 is 0 Å². The summed E-state index contributed by atoms with van der Waals surface area (Å²) in [7, 11) is 0. The fourth-order valence-electron chi connectivity index (χ4n) is 3.54. The molecule has 0 aromatic carbocycles. The molecule has 2 fully saturated rings. The monoisotopic (exact) mass is 268 g/mol. The van der Waals surface area contributed by atoms with Crippen molar-refractivity contribution < 1.29 is 9.90 Å². The van der Waals surface area contributed by atoms with Gasteiger partial charge in [0.05, 0.1) is 11.5 Å². The van der Waals surface area contributed by atoms with E-state index < -0.39 is 0 Å². The van der Waals surface area contributed by atoms with Crippen LogP contribution in [-0.4, -0.2) is 48.2 Å². The number of likely N-dealkylation sites (tertiary alicyclic amines) is 1. The lowest BCUT2D eigenvalue weighted by molar-refractivity contribution is -0.146. The third kappa shape index (κ3) is 3.11. The smallest absolute Gasteiger partial charge is 0.228 e. The standard InChI is InChI=1S/C15H28N2O2/c1-3-15(6-8-16-9-7-15)14(19)17-10-4-13(5-11-17)12(2)18/h12-13,16,18H,3-11H2,1-2H3. The highest BCUT2D eigenvalue weighted by Gasteiger charge is 2.41. The molecule has 2 rings (SSSR count). The van der Waals surface area contributed by atoms with E-state index in [-0.39, 0.29) is 11.5 Å². The third-order valence-electron chi connectivity index (χ3n) is 5.20. The van der Waals surface area contributed by atoms with E-state index in [0.717, 1.165) is 58.3 Å². The second-order valence-electron chi connectivity index (χ2n) is 6.25. The molecule has 0 aromatic heterocycles. The van der Waals surface area contributed by atoms with Crippen LogP contribution >= 0.6 is 0 Å². The average Bonchev–Trinajstić information content (AvgIpc) is 2.47. The molecule has 19 heavy (non-hydrogen) atoms. The third-order valence-corrected chi connectivity index (χ3v) is 5.20. The lowest BCUT2D eigenvalue weighted by Crippen LogP contribution is -2.51. The van der Waals surface area contributed by atoms with Crippen molar-refractivity contribution in [2.75, 3.05) is 26.2 Å². The quantitative estimate of drug-likeness (QED) is 0.813. The number of hydrogen-bond donors (Lipinski definition) is 2. The molecule has 2 aliphatic rings. The Balaban J connectivity index is 1.96. The number of aliphatic hydroxyl groups is 1. The van der Waals surface area contributed by atoms with Gasteiger partial charge in [-0.15, -0.1) is 0 Å². The highest BCUT2D eigenvalue weighted by atomic mass is 16.3. The van der Waals surface area contributed by atoms with Gasteiger partial charge in [0.25, 0.3) is 0 Å². The first-order chi connectivity index (χ1) is 9.09. The summed E-state index contributed by atoms with van der Waals surface area (Å²) in [5, 5.41) is 13.0.